The van der Waals surface area contributed by atoms with Crippen LogP contribution in [0.2, 0.25) is 0 Å². The van der Waals surface area contributed by atoms with Gasteiger partial charge in [0.05, 0.1) is 24.8 Å². The molecule has 8 nitrogen and oxygen atoms in total. The summed E-state index contributed by atoms with van der Waals surface area (Å²) in [5.74, 6) is 0.125. The minimum atomic E-state index is -0.503. The maximum absolute atomic E-state index is 13.4. The van der Waals surface area contributed by atoms with E-state index in [0.29, 0.717) is 23.0 Å². The highest BCUT2D eigenvalue weighted by Gasteiger charge is 2.54. The van der Waals surface area contributed by atoms with Gasteiger partial charge < -0.3 is 19.7 Å². The van der Waals surface area contributed by atoms with Crippen LogP contribution in [0, 0.1) is 11.8 Å². The first kappa shape index (κ1) is 20.9. The van der Waals surface area contributed by atoms with E-state index in [4.69, 9.17) is 4.74 Å². The van der Waals surface area contributed by atoms with Gasteiger partial charge in [0.25, 0.3) is 5.56 Å². The first-order valence-corrected chi connectivity index (χ1v) is 11.3. The predicted octanol–water partition coefficient (Wildman–Crippen LogP) is 2.21. The molecule has 2 N–H and O–H groups in total. The van der Waals surface area contributed by atoms with Gasteiger partial charge >= 0.3 is 0 Å². The summed E-state index contributed by atoms with van der Waals surface area (Å²) in [6, 6.07) is 10.6. The summed E-state index contributed by atoms with van der Waals surface area (Å²) in [6.07, 6.45) is 1.64. The summed E-state index contributed by atoms with van der Waals surface area (Å²) in [4.78, 5) is 32.6. The van der Waals surface area contributed by atoms with Gasteiger partial charge in [0.15, 0.2) is 5.13 Å². The summed E-state index contributed by atoms with van der Waals surface area (Å²) in [5.41, 5.74) is 2.10. The predicted molar refractivity (Wildman–Crippen MR) is 122 cm³/mol. The number of nitrogens with zero attached hydrogens (tertiary/aromatic N) is 3. The highest BCUT2D eigenvalue weighted by atomic mass is 32.1. The monoisotopic (exact) mass is 452 g/mol. The van der Waals surface area contributed by atoms with Crippen LogP contribution in [0.3, 0.4) is 0 Å². The molecule has 3 aromatic rings. The highest BCUT2D eigenvalue weighted by molar-refractivity contribution is 7.13. The molecular formula is C23H24N4O4S. The van der Waals surface area contributed by atoms with E-state index in [0.717, 1.165) is 11.3 Å². The Morgan fingerprint density at radius 2 is 2.09 bits per heavy atom. The zero-order valence-electron chi connectivity index (χ0n) is 17.8. The van der Waals surface area contributed by atoms with Crippen molar-refractivity contribution in [2.24, 2.45) is 11.8 Å². The van der Waals surface area contributed by atoms with Gasteiger partial charge in [-0.15, -0.1) is 11.3 Å². The number of benzene rings is 1. The number of aliphatic hydroxyl groups excluding tert-OH is 1. The molecule has 4 atom stereocenters. The Morgan fingerprint density at radius 3 is 2.81 bits per heavy atom. The normalized spacial score (nSPS) is 24.2. The number of methoxy groups -OCH3 is 1. The first-order chi connectivity index (χ1) is 15.5. The molecule has 166 valence electrons. The fourth-order valence-electron chi connectivity index (χ4n) is 5.31. The molecule has 32 heavy (non-hydrogen) atoms. The molecule has 1 amide bonds. The number of nitrogens with one attached hydrogen (secondary N) is 1. The zero-order valence-corrected chi connectivity index (χ0v) is 18.6. The summed E-state index contributed by atoms with van der Waals surface area (Å²) < 4.78 is 7.23. The van der Waals surface area contributed by atoms with E-state index in [2.05, 4.69) is 10.3 Å². The topological polar surface area (TPSA) is 96.7 Å². The van der Waals surface area contributed by atoms with Crippen LogP contribution < -0.4 is 15.6 Å². The minimum Gasteiger partial charge on any atom is -0.496 e. The second kappa shape index (κ2) is 8.16. The van der Waals surface area contributed by atoms with Crippen molar-refractivity contribution in [3.8, 4) is 16.9 Å². The molecule has 0 aliphatic carbocycles. The number of thiazole rings is 1. The number of likely N-dealkylation sites (N-methyl/N-ethyl adjacent to an activating group) is 1. The molecule has 0 saturated carbocycles. The first-order valence-electron chi connectivity index (χ1n) is 10.5. The molecule has 2 aromatic heterocycles. The Morgan fingerprint density at radius 1 is 1.28 bits per heavy atom. The second-order valence-corrected chi connectivity index (χ2v) is 9.07. The largest absolute Gasteiger partial charge is 0.496 e. The van der Waals surface area contributed by atoms with E-state index in [1.165, 1.54) is 11.3 Å². The van der Waals surface area contributed by atoms with Crippen LogP contribution in [-0.4, -0.2) is 52.3 Å². The van der Waals surface area contributed by atoms with Gasteiger partial charge in [-0.3, -0.25) is 14.5 Å². The number of hydrogen-bond acceptors (Lipinski definition) is 7. The lowest BCUT2D eigenvalue weighted by Crippen LogP contribution is -2.44. The van der Waals surface area contributed by atoms with Crippen LogP contribution in [0.4, 0.5) is 5.13 Å². The van der Waals surface area contributed by atoms with Gasteiger partial charge in [0.2, 0.25) is 5.91 Å². The number of aliphatic hydroxyl groups is 1. The van der Waals surface area contributed by atoms with Crippen LogP contribution in [0.25, 0.3) is 11.1 Å². The fraction of sp³-hybridized carbons (Fsp3) is 0.348. The van der Waals surface area contributed by atoms with E-state index in [-0.39, 0.29) is 36.0 Å². The molecule has 0 unspecified atom stereocenters. The molecule has 5 rings (SSSR count). The average molecular weight is 453 g/mol. The van der Waals surface area contributed by atoms with Gasteiger partial charge in [0.1, 0.15) is 5.75 Å². The third-order valence-corrected chi connectivity index (χ3v) is 7.37. The number of carbonyl (C=O) groups is 1. The van der Waals surface area contributed by atoms with E-state index in [1.54, 1.807) is 23.3 Å². The SMILES string of the molecule is COc1ccccc1-c1ccc2n(c1=O)C[C@H]1[C@H](CO)[C@@H](C(=O)Nc3nccs3)N(C)[C@@H]21. The van der Waals surface area contributed by atoms with Crippen molar-refractivity contribution in [1.29, 1.82) is 0 Å². The molecule has 0 radical (unpaired) electrons. The van der Waals surface area contributed by atoms with E-state index in [1.807, 2.05) is 48.3 Å². The van der Waals surface area contributed by atoms with Gasteiger partial charge in [-0.1, -0.05) is 18.2 Å². The lowest BCUT2D eigenvalue weighted by atomic mass is 9.88. The number of ether oxygens (including phenoxy) is 1. The van der Waals surface area contributed by atoms with Crippen LogP contribution in [0.5, 0.6) is 5.75 Å². The van der Waals surface area contributed by atoms with Gasteiger partial charge in [0, 0.05) is 47.8 Å². The molecule has 2 aliphatic rings. The second-order valence-electron chi connectivity index (χ2n) is 8.18. The molecule has 4 heterocycles. The number of hydrogen-bond donors (Lipinski definition) is 2. The summed E-state index contributed by atoms with van der Waals surface area (Å²) >= 11 is 1.35. The Labute approximate surface area is 189 Å². The van der Waals surface area contributed by atoms with E-state index in [9.17, 15) is 14.7 Å². The van der Waals surface area contributed by atoms with Crippen LogP contribution >= 0.6 is 11.3 Å². The highest BCUT2D eigenvalue weighted by Crippen LogP contribution is 2.48. The third-order valence-electron chi connectivity index (χ3n) is 6.68. The van der Waals surface area contributed by atoms with Gasteiger partial charge in [-0.05, 0) is 25.2 Å². The van der Waals surface area contributed by atoms with Crippen molar-refractivity contribution in [3.05, 3.63) is 64.0 Å². The van der Waals surface area contributed by atoms with Crippen molar-refractivity contribution in [2.75, 3.05) is 26.1 Å². The Kier molecular flexibility index (Phi) is 5.32. The van der Waals surface area contributed by atoms with Gasteiger partial charge in [-0.2, -0.15) is 0 Å². The van der Waals surface area contributed by atoms with E-state index < -0.39 is 6.04 Å². The summed E-state index contributed by atoms with van der Waals surface area (Å²) in [5, 5.41) is 15.4. The number of amides is 1. The quantitative estimate of drug-likeness (QED) is 0.616. The molecule has 1 fully saturated rings. The maximum atomic E-state index is 13.4. The van der Waals surface area contributed by atoms with Crippen molar-refractivity contribution in [1.82, 2.24) is 14.5 Å². The Hall–Kier alpha value is -3.01. The molecule has 0 bridgehead atoms. The molecule has 1 saturated heterocycles. The van der Waals surface area contributed by atoms with Crippen molar-refractivity contribution in [2.45, 2.75) is 18.6 Å². The number of fused-ring (bicyclic) bond motifs is 3. The number of aromatic nitrogens is 2. The molecular weight excluding hydrogens is 428 g/mol. The molecule has 9 heteroatoms. The number of rotatable bonds is 5. The fourth-order valence-corrected chi connectivity index (χ4v) is 5.84. The molecule has 2 aliphatic heterocycles. The van der Waals surface area contributed by atoms with Crippen molar-refractivity contribution in [3.63, 3.8) is 0 Å². The third kappa shape index (κ3) is 3.16. The van der Waals surface area contributed by atoms with Crippen LogP contribution in [0.15, 0.2) is 52.8 Å². The number of para-hydroxylation sites is 1. The maximum Gasteiger partial charge on any atom is 0.258 e. The lowest BCUT2D eigenvalue weighted by Gasteiger charge is -2.26. The summed E-state index contributed by atoms with van der Waals surface area (Å²) in [6.45, 7) is 0.321. The Bertz CT molecular complexity index is 1210. The molecule has 1 aromatic carbocycles. The number of anilines is 1. The lowest BCUT2D eigenvalue weighted by molar-refractivity contribution is -0.122. The zero-order chi connectivity index (χ0) is 22.4. The smallest absolute Gasteiger partial charge is 0.258 e. The Balaban J connectivity index is 1.50. The number of carbonyl (C=O) groups excluding carboxylic acids is 1. The molecule has 0 spiro atoms. The average Bonchev–Trinajstić information content (AvgIpc) is 3.50. The summed E-state index contributed by atoms with van der Waals surface area (Å²) in [7, 11) is 3.47. The number of likely N-dealkylation sites (tertiary alicyclic amines) is 1. The number of pyridine rings is 1. The minimum absolute atomic E-state index is 0.0438. The standard InChI is InChI=1S/C23H24N4O4S/c1-26-19-15(16(12-28)20(26)21(29)25-23-24-9-10-32-23)11-27-17(19)8-7-14(22(27)30)13-5-3-4-6-18(13)31-2/h3-10,15-16,19-20,28H,11-12H2,1-2H3,(H,24,25,29)/t15-,16-,19+,20-/m0/s1. The van der Waals surface area contributed by atoms with Crippen molar-refractivity contribution < 1.29 is 14.6 Å². The van der Waals surface area contributed by atoms with Crippen LogP contribution in [-0.2, 0) is 11.3 Å². The van der Waals surface area contributed by atoms with Crippen LogP contribution in [0.1, 0.15) is 11.7 Å². The van der Waals surface area contributed by atoms with Gasteiger partial charge in [-0.25, -0.2) is 4.98 Å². The van der Waals surface area contributed by atoms with E-state index >= 15 is 0 Å². The van der Waals surface area contributed by atoms with Crippen molar-refractivity contribution >= 4 is 22.4 Å².